The molecular weight excluding hydrogens is 422 g/mol. The van der Waals surface area contributed by atoms with Gasteiger partial charge in [-0.2, -0.15) is 0 Å². The summed E-state index contributed by atoms with van der Waals surface area (Å²) in [6, 6.07) is 14.6. The topological polar surface area (TPSA) is 80.1 Å². The van der Waals surface area contributed by atoms with Gasteiger partial charge in [0.1, 0.15) is 11.9 Å². The molecule has 1 aliphatic heterocycles. The molecule has 2 heterocycles. The Morgan fingerprint density at radius 1 is 1.20 bits per heavy atom. The summed E-state index contributed by atoms with van der Waals surface area (Å²) in [5, 5.41) is 11.7. The van der Waals surface area contributed by atoms with Crippen molar-refractivity contribution in [2.45, 2.75) is 36.7 Å². The molecule has 0 spiro atoms. The summed E-state index contributed by atoms with van der Waals surface area (Å²) in [6.45, 7) is 5.28. The van der Waals surface area contributed by atoms with E-state index >= 15 is 0 Å². The van der Waals surface area contributed by atoms with E-state index in [2.05, 4.69) is 15.5 Å². The minimum atomic E-state index is -1.03. The molecule has 1 N–H and O–H groups in total. The molecule has 9 heteroatoms. The highest BCUT2D eigenvalue weighted by Gasteiger charge is 2.44. The van der Waals surface area contributed by atoms with Crippen molar-refractivity contribution in [3.8, 4) is 5.69 Å². The quantitative estimate of drug-likeness (QED) is 0.615. The van der Waals surface area contributed by atoms with E-state index in [9.17, 15) is 9.59 Å². The molecule has 7 nitrogen and oxygen atoms in total. The van der Waals surface area contributed by atoms with Crippen LogP contribution in [0.2, 0.25) is 5.02 Å². The molecule has 0 aliphatic carbocycles. The molecule has 154 valence electrons. The first-order valence-electron chi connectivity index (χ1n) is 9.36. The summed E-state index contributed by atoms with van der Waals surface area (Å²) in [7, 11) is 0. The number of rotatable bonds is 4. The molecule has 2 amide bonds. The summed E-state index contributed by atoms with van der Waals surface area (Å²) in [5.41, 5.74) is 1.07. The monoisotopic (exact) mass is 441 g/mol. The zero-order valence-electron chi connectivity index (χ0n) is 16.7. The number of halogens is 1. The van der Waals surface area contributed by atoms with Crippen molar-refractivity contribution >= 4 is 46.6 Å². The van der Waals surface area contributed by atoms with Crippen LogP contribution in [-0.2, 0) is 9.59 Å². The lowest BCUT2D eigenvalue weighted by Gasteiger charge is -2.43. The van der Waals surface area contributed by atoms with Crippen molar-refractivity contribution < 1.29 is 9.59 Å². The molecule has 0 radical (unpaired) electrons. The third-order valence-corrected chi connectivity index (χ3v) is 6.24. The number of nitrogens with zero attached hydrogens (tertiary/aromatic N) is 4. The minimum absolute atomic E-state index is 0.187. The maximum Gasteiger partial charge on any atom is 0.250 e. The predicted molar refractivity (Wildman–Crippen MR) is 118 cm³/mol. The van der Waals surface area contributed by atoms with E-state index in [1.165, 1.54) is 11.8 Å². The number of thioether (sulfide) groups is 1. The van der Waals surface area contributed by atoms with Gasteiger partial charge in [0.05, 0.1) is 22.3 Å². The predicted octanol–water partition coefficient (Wildman–Crippen LogP) is 4.17. The summed E-state index contributed by atoms with van der Waals surface area (Å²) in [6.07, 6.45) is 1.58. The Morgan fingerprint density at radius 3 is 2.73 bits per heavy atom. The van der Waals surface area contributed by atoms with Crippen LogP contribution < -0.4 is 10.2 Å². The second-order valence-corrected chi connectivity index (χ2v) is 9.17. The van der Waals surface area contributed by atoms with Crippen LogP contribution in [0.3, 0.4) is 0 Å². The van der Waals surface area contributed by atoms with Gasteiger partial charge in [-0.1, -0.05) is 41.6 Å². The van der Waals surface area contributed by atoms with E-state index in [1.54, 1.807) is 54.8 Å². The number of amides is 2. The van der Waals surface area contributed by atoms with Crippen LogP contribution in [-0.4, -0.2) is 37.4 Å². The lowest BCUT2D eigenvalue weighted by Crippen LogP contribution is -2.60. The van der Waals surface area contributed by atoms with Crippen LogP contribution in [0, 0.1) is 0 Å². The van der Waals surface area contributed by atoms with Gasteiger partial charge in [-0.15, -0.1) is 10.2 Å². The summed E-state index contributed by atoms with van der Waals surface area (Å²) in [5.74, 6) is -0.415. The third kappa shape index (κ3) is 3.57. The highest BCUT2D eigenvalue weighted by Crippen LogP contribution is 2.38. The van der Waals surface area contributed by atoms with Crippen molar-refractivity contribution in [3.63, 3.8) is 0 Å². The van der Waals surface area contributed by atoms with Crippen molar-refractivity contribution in [1.82, 2.24) is 14.8 Å². The van der Waals surface area contributed by atoms with E-state index in [1.807, 2.05) is 30.3 Å². The van der Waals surface area contributed by atoms with Gasteiger partial charge in [0.2, 0.25) is 11.8 Å². The fraction of sp³-hybridized carbons (Fsp3) is 0.238. The molecular formula is C21H20ClN5O2S. The molecule has 1 unspecified atom stereocenters. The first-order valence-corrected chi connectivity index (χ1v) is 10.6. The second-order valence-electron chi connectivity index (χ2n) is 7.43. The Morgan fingerprint density at radius 2 is 1.97 bits per heavy atom. The normalized spacial score (nSPS) is 16.0. The van der Waals surface area contributed by atoms with Gasteiger partial charge in [0.25, 0.3) is 0 Å². The van der Waals surface area contributed by atoms with Crippen LogP contribution in [0.5, 0.6) is 0 Å². The fourth-order valence-electron chi connectivity index (χ4n) is 3.34. The molecule has 1 aliphatic rings. The maximum absolute atomic E-state index is 13.5. The zero-order chi connectivity index (χ0) is 21.5. The Kier molecular flexibility index (Phi) is 5.29. The lowest BCUT2D eigenvalue weighted by atomic mass is 9.96. The number of nitrogens with one attached hydrogen (secondary N) is 1. The SMILES string of the molecule is CC(Sc1nncn1-c1cccc(Cl)c1)C(=O)N1c2ccccc2NC(=O)C1(C)C. The van der Waals surface area contributed by atoms with Crippen LogP contribution >= 0.6 is 23.4 Å². The van der Waals surface area contributed by atoms with Crippen molar-refractivity contribution in [2.75, 3.05) is 10.2 Å². The molecule has 1 aromatic heterocycles. The smallest absolute Gasteiger partial charge is 0.250 e. The van der Waals surface area contributed by atoms with Gasteiger partial charge in [-0.3, -0.25) is 19.1 Å². The van der Waals surface area contributed by atoms with Gasteiger partial charge < -0.3 is 5.32 Å². The number of para-hydroxylation sites is 2. The first kappa shape index (κ1) is 20.4. The van der Waals surface area contributed by atoms with E-state index in [4.69, 9.17) is 11.6 Å². The largest absolute Gasteiger partial charge is 0.322 e. The van der Waals surface area contributed by atoms with E-state index in [0.717, 1.165) is 5.69 Å². The van der Waals surface area contributed by atoms with Crippen LogP contribution in [0.1, 0.15) is 20.8 Å². The van der Waals surface area contributed by atoms with E-state index in [0.29, 0.717) is 21.6 Å². The molecule has 4 rings (SSSR count). The molecule has 30 heavy (non-hydrogen) atoms. The van der Waals surface area contributed by atoms with E-state index in [-0.39, 0.29) is 11.8 Å². The maximum atomic E-state index is 13.5. The highest BCUT2D eigenvalue weighted by atomic mass is 35.5. The minimum Gasteiger partial charge on any atom is -0.322 e. The van der Waals surface area contributed by atoms with Crippen molar-refractivity contribution in [1.29, 1.82) is 0 Å². The molecule has 0 fully saturated rings. The van der Waals surface area contributed by atoms with Gasteiger partial charge in [0.15, 0.2) is 5.16 Å². The van der Waals surface area contributed by atoms with Crippen LogP contribution in [0.4, 0.5) is 11.4 Å². The van der Waals surface area contributed by atoms with Gasteiger partial charge in [0, 0.05) is 5.02 Å². The molecule has 0 saturated heterocycles. The Balaban J connectivity index is 1.64. The molecule has 1 atom stereocenters. The standard InChI is InChI=1S/C21H20ClN5O2S/c1-13(30-20-25-23-12-26(20)15-8-6-7-14(22)11-15)18(28)27-17-10-5-4-9-16(17)24-19(29)21(27,2)3/h4-13H,1-3H3,(H,24,29). The number of hydrogen-bond acceptors (Lipinski definition) is 5. The first-order chi connectivity index (χ1) is 14.3. The Bertz CT molecular complexity index is 1130. The van der Waals surface area contributed by atoms with Gasteiger partial charge in [-0.05, 0) is 51.1 Å². The number of fused-ring (bicyclic) bond motifs is 1. The Labute approximate surface area is 183 Å². The van der Waals surface area contributed by atoms with E-state index < -0.39 is 10.8 Å². The molecule has 0 bridgehead atoms. The van der Waals surface area contributed by atoms with Gasteiger partial charge >= 0.3 is 0 Å². The molecule has 2 aromatic carbocycles. The van der Waals surface area contributed by atoms with Crippen LogP contribution in [0.15, 0.2) is 60.0 Å². The average Bonchev–Trinajstić information content (AvgIpc) is 3.16. The van der Waals surface area contributed by atoms with Crippen LogP contribution in [0.25, 0.3) is 5.69 Å². The fourth-order valence-corrected chi connectivity index (χ4v) is 4.41. The lowest BCUT2D eigenvalue weighted by molar-refractivity contribution is -0.126. The number of carbonyl (C=O) groups is 2. The number of carbonyl (C=O) groups excluding carboxylic acids is 2. The zero-order valence-corrected chi connectivity index (χ0v) is 18.2. The number of hydrogen-bond donors (Lipinski definition) is 1. The number of anilines is 2. The number of aromatic nitrogens is 3. The number of benzene rings is 2. The highest BCUT2D eigenvalue weighted by molar-refractivity contribution is 8.00. The summed E-state index contributed by atoms with van der Waals surface area (Å²) in [4.78, 5) is 27.7. The average molecular weight is 442 g/mol. The summed E-state index contributed by atoms with van der Waals surface area (Å²) >= 11 is 7.38. The van der Waals surface area contributed by atoms with Crippen molar-refractivity contribution in [3.05, 3.63) is 59.9 Å². The molecule has 3 aromatic rings. The Hall–Kier alpha value is -2.84. The summed E-state index contributed by atoms with van der Waals surface area (Å²) < 4.78 is 1.78. The second kappa shape index (κ2) is 7.77. The molecule has 0 saturated carbocycles. The van der Waals surface area contributed by atoms with Crippen molar-refractivity contribution in [2.24, 2.45) is 0 Å². The third-order valence-electron chi connectivity index (χ3n) is 4.96. The van der Waals surface area contributed by atoms with Gasteiger partial charge in [-0.25, -0.2) is 0 Å².